The lowest BCUT2D eigenvalue weighted by Crippen LogP contribution is -2.59. The molecular weight excluding hydrogens is 1360 g/mol. The molecule has 2 heterocycles. The first-order chi connectivity index (χ1) is 47.3. The summed E-state index contributed by atoms with van der Waals surface area (Å²) in [6, 6.07) is 19.2. The summed E-state index contributed by atoms with van der Waals surface area (Å²) in [4.78, 5) is 71.7. The van der Waals surface area contributed by atoms with E-state index < -0.39 is 132 Å². The lowest BCUT2D eigenvalue weighted by molar-refractivity contribution is -0.195. The second kappa shape index (κ2) is 48.5. The van der Waals surface area contributed by atoms with Crippen LogP contribution in [0.4, 0.5) is 4.79 Å². The van der Waals surface area contributed by atoms with Crippen LogP contribution in [-0.4, -0.2) is 264 Å². The van der Waals surface area contributed by atoms with E-state index >= 15 is 0 Å². The molecule has 3 aliphatic rings. The van der Waals surface area contributed by atoms with Crippen molar-refractivity contribution < 1.29 is 129 Å². The third-order valence-electron chi connectivity index (χ3n) is 17.3. The normalized spacial score (nSPS) is 22.2. The molecule has 0 aromatic heterocycles. The van der Waals surface area contributed by atoms with Crippen molar-refractivity contribution in [1.29, 1.82) is 0 Å². The Labute approximate surface area is 595 Å². The fourth-order valence-corrected chi connectivity index (χ4v) is 11.8. The Morgan fingerprint density at radius 2 is 1.06 bits per heavy atom. The number of sulfonamides is 1. The summed E-state index contributed by atoms with van der Waals surface area (Å²) in [5, 5.41) is 146. The first-order valence-corrected chi connectivity index (χ1v) is 35.3. The second-order valence-corrected chi connectivity index (χ2v) is 27.1. The van der Waals surface area contributed by atoms with E-state index in [0.717, 1.165) is 67.2 Å². The fourth-order valence-electron chi connectivity index (χ4n) is 10.9. The minimum absolute atomic E-state index is 0. The minimum atomic E-state index is -4.01. The number of ether oxygens (including phenoxy) is 2. The molecule has 0 radical (unpaired) electrons. The van der Waals surface area contributed by atoms with Crippen LogP contribution in [0.3, 0.4) is 0 Å². The molecule has 3 aromatic carbocycles. The molecule has 6 rings (SSSR count). The van der Waals surface area contributed by atoms with Gasteiger partial charge < -0.3 is 124 Å². The maximum atomic E-state index is 12.9. The summed E-state index contributed by atoms with van der Waals surface area (Å²) in [5.74, 6) is -1.88. The van der Waals surface area contributed by atoms with Crippen molar-refractivity contribution in [1.82, 2.24) is 36.6 Å². The molecule has 34 heteroatoms. The Morgan fingerprint density at radius 3 is 1.56 bits per heavy atom. The van der Waals surface area contributed by atoms with E-state index in [1.807, 2.05) is 62.4 Å². The molecule has 17 atom stereocenters. The highest BCUT2D eigenvalue weighted by Crippen LogP contribution is 2.28. The number of hydrogen-bond acceptors (Lipinski definition) is 24. The molecule has 3 fully saturated rings. The number of nitrogens with one attached hydrogen (secondary N) is 7. The SMILES string of the molecule is CC(=O)NC1COC(CO)C(O)C1O.CCC(C)c1ccc(CNC(=O)C(NC(C)=O)C(O)CC(O)CO)cc1.CCC(CC(C)C(=O)NCCc1ccc(S(=O)(=O)NC(=O)NC2CCCCC2)cc1)c1ccc(CNC(=O)C(O)C(O)CC(O)CO)cc1.O.O.OCC1OCC(O)C(O)C1O. The highest BCUT2D eigenvalue weighted by atomic mass is 32.2. The van der Waals surface area contributed by atoms with Crippen LogP contribution >= 0.6 is 0 Å². The third-order valence-corrected chi connectivity index (χ3v) is 18.7. The van der Waals surface area contributed by atoms with Gasteiger partial charge >= 0.3 is 6.03 Å². The van der Waals surface area contributed by atoms with Crippen LogP contribution in [0.2, 0.25) is 0 Å². The van der Waals surface area contributed by atoms with Crippen molar-refractivity contribution in [2.45, 2.75) is 233 Å². The number of benzene rings is 3. The van der Waals surface area contributed by atoms with Gasteiger partial charge in [0.15, 0.2) is 6.10 Å². The topological polar surface area (TPSA) is 585 Å². The molecule has 17 unspecified atom stereocenters. The van der Waals surface area contributed by atoms with Gasteiger partial charge in [-0.2, -0.15) is 0 Å². The lowest BCUT2D eigenvalue weighted by Gasteiger charge is -2.36. The van der Waals surface area contributed by atoms with Crippen LogP contribution in [-0.2, 0) is 63.0 Å². The van der Waals surface area contributed by atoms with Crippen molar-refractivity contribution in [3.05, 3.63) is 101 Å². The molecule has 1 saturated carbocycles. The molecule has 2 aliphatic heterocycles. The molecule has 33 nitrogen and oxygen atoms in total. The van der Waals surface area contributed by atoms with Gasteiger partial charge in [0, 0.05) is 58.3 Å². The third kappa shape index (κ3) is 32.7. The molecule has 0 bridgehead atoms. The second-order valence-electron chi connectivity index (χ2n) is 25.4. The maximum absolute atomic E-state index is 12.9. The molecule has 7 amide bonds. The first-order valence-electron chi connectivity index (χ1n) is 33.8. The number of aliphatic hydroxyl groups is 14. The average Bonchev–Trinajstić information content (AvgIpc) is 0.884. The van der Waals surface area contributed by atoms with Crippen LogP contribution < -0.4 is 36.6 Å². The predicted octanol–water partition coefficient (Wildman–Crippen LogP) is -4.19. The highest BCUT2D eigenvalue weighted by Gasteiger charge is 2.39. The van der Waals surface area contributed by atoms with E-state index in [1.165, 1.54) is 31.5 Å². The van der Waals surface area contributed by atoms with Crippen molar-refractivity contribution in [2.75, 3.05) is 46.2 Å². The zero-order chi connectivity index (χ0) is 74.8. The molecule has 25 N–H and O–H groups in total. The van der Waals surface area contributed by atoms with Crippen molar-refractivity contribution in [2.24, 2.45) is 5.92 Å². The van der Waals surface area contributed by atoms with Crippen molar-refractivity contribution in [3.8, 4) is 0 Å². The van der Waals surface area contributed by atoms with Crippen LogP contribution in [0.5, 0.6) is 0 Å². The predicted molar refractivity (Wildman–Crippen MR) is 371 cm³/mol. The Kier molecular flexibility index (Phi) is 44.5. The zero-order valence-electron chi connectivity index (χ0n) is 58.7. The number of urea groups is 1. The van der Waals surface area contributed by atoms with Gasteiger partial charge in [0.05, 0.1) is 75.0 Å². The summed E-state index contributed by atoms with van der Waals surface area (Å²) in [6.07, 6.45) is -7.03. The number of hydrogen-bond donors (Lipinski definition) is 21. The van der Waals surface area contributed by atoms with Crippen LogP contribution in [0.25, 0.3) is 0 Å². The number of rotatable bonds is 31. The minimum Gasteiger partial charge on any atom is -0.412 e. The molecule has 0 spiro atoms. The van der Waals surface area contributed by atoms with Gasteiger partial charge in [-0.1, -0.05) is 108 Å². The standard InChI is InChI=1S/C35H52N4O9S.C19H30N2O5.C8H15NO5.C6H12O5.2H2O/c1-3-26(27-13-9-25(10-14-27)21-37-34(45)32(43)31(42)20-29(41)22-40)19-23(2)33(44)36-18-17-24-11-15-30(16-12-24)49(47,48)39-35(46)38-28-7-5-4-6-8-28;1-4-12(2)15-7-5-14(6-8-15)10-20-19(26)18(21-13(3)23)17(25)9-16(24)11-22;1-4(11)9-5-3-14-6(2-10)8(13)7(5)12;7-1-4-6(10)5(9)3(8)2-11-4;;/h9-16,23,26,28-29,31-32,40-43H,3-8,17-22H2,1-2H3,(H,36,44)(H,37,45)(H2,38,39,46);5-8,12,16-18,22,24-25H,4,9-11H2,1-3H3,(H,20,26)(H,21,23);5-8,10,12-13H,2-3H2,1H3,(H,9,11);3-10H,1-2H2;2*1H2. The Morgan fingerprint density at radius 1 is 0.559 bits per heavy atom. The number of carbonyl (C=O) groups is 6. The van der Waals surface area contributed by atoms with Crippen LogP contribution in [0.1, 0.15) is 145 Å². The van der Waals surface area contributed by atoms with E-state index in [4.69, 9.17) is 45.2 Å². The summed E-state index contributed by atoms with van der Waals surface area (Å²) in [5.41, 5.74) is 4.79. The summed E-state index contributed by atoms with van der Waals surface area (Å²) in [6.45, 7) is 9.70. The molecule has 1 aliphatic carbocycles. The fraction of sp³-hybridized carbons (Fsp3) is 0.647. The first kappa shape index (κ1) is 93.5. The zero-order valence-corrected chi connectivity index (χ0v) is 59.5. The van der Waals surface area contributed by atoms with Crippen molar-refractivity contribution >= 4 is 45.6 Å². The highest BCUT2D eigenvalue weighted by molar-refractivity contribution is 7.90. The van der Waals surface area contributed by atoms with E-state index in [1.54, 1.807) is 12.1 Å². The lowest BCUT2D eigenvalue weighted by atomic mass is 9.87. The van der Waals surface area contributed by atoms with Crippen molar-refractivity contribution in [3.63, 3.8) is 0 Å². The summed E-state index contributed by atoms with van der Waals surface area (Å²) < 4.78 is 37.3. The maximum Gasteiger partial charge on any atom is 0.328 e. The van der Waals surface area contributed by atoms with Crippen LogP contribution in [0, 0.1) is 5.92 Å². The van der Waals surface area contributed by atoms with Gasteiger partial charge in [-0.05, 0) is 90.3 Å². The van der Waals surface area contributed by atoms with Gasteiger partial charge in [-0.15, -0.1) is 0 Å². The quantitative estimate of drug-likeness (QED) is 0.0290. The van der Waals surface area contributed by atoms with Crippen LogP contribution in [0.15, 0.2) is 77.7 Å². The smallest absolute Gasteiger partial charge is 0.328 e. The largest absolute Gasteiger partial charge is 0.412 e. The van der Waals surface area contributed by atoms with Gasteiger partial charge in [0.25, 0.3) is 15.9 Å². The van der Waals surface area contributed by atoms with E-state index in [-0.39, 0.29) is 97.9 Å². The van der Waals surface area contributed by atoms with Gasteiger partial charge in [0.1, 0.15) is 48.8 Å². The number of aliphatic hydroxyl groups excluding tert-OH is 14. The summed E-state index contributed by atoms with van der Waals surface area (Å²) >= 11 is 0. The van der Waals surface area contributed by atoms with E-state index in [9.17, 15) is 72.9 Å². The monoisotopic (exact) mass is 1480 g/mol. The average molecular weight is 1480 g/mol. The Balaban J connectivity index is 0.000000808. The van der Waals surface area contributed by atoms with Gasteiger partial charge in [0.2, 0.25) is 23.6 Å². The molecular formula is C68H113N7O26S. The summed E-state index contributed by atoms with van der Waals surface area (Å²) in [7, 11) is -4.01. The Bertz CT molecular complexity index is 3010. The molecule has 3 aromatic rings. The number of carbonyl (C=O) groups excluding carboxylic acids is 6. The molecule has 2 saturated heterocycles. The molecule has 102 heavy (non-hydrogen) atoms. The molecule has 582 valence electrons. The van der Waals surface area contributed by atoms with E-state index in [0.29, 0.717) is 25.3 Å². The van der Waals surface area contributed by atoms with Gasteiger partial charge in [-0.3, -0.25) is 24.0 Å². The Hall–Kier alpha value is -6.49. The van der Waals surface area contributed by atoms with E-state index in [2.05, 4.69) is 50.5 Å². The van der Waals surface area contributed by atoms with Gasteiger partial charge in [-0.25, -0.2) is 17.9 Å². The number of amides is 7.